The summed E-state index contributed by atoms with van der Waals surface area (Å²) in [5.41, 5.74) is 0.787. The molecular weight excluding hydrogens is 475 g/mol. The highest BCUT2D eigenvalue weighted by Crippen LogP contribution is 2.15. The molecule has 0 aliphatic carbocycles. The topological polar surface area (TPSA) is 143 Å². The second kappa shape index (κ2) is 13.6. The van der Waals surface area contributed by atoms with Crippen molar-refractivity contribution >= 4 is 23.7 Å². The lowest BCUT2D eigenvalue weighted by Gasteiger charge is -2.27. The predicted octanol–water partition coefficient (Wildman–Crippen LogP) is 0.777. The zero-order chi connectivity index (χ0) is 26.8. The SMILES string of the molecule is COC(=O)C[C@H](NC(=O)C(F)(F)F)C(=O)N[C@H](C(=O)N[C@@H](C)C(O)OCc1ccccc1)C(C)C. The molecule has 0 aliphatic rings. The van der Waals surface area contributed by atoms with Gasteiger partial charge in [0.2, 0.25) is 11.8 Å². The van der Waals surface area contributed by atoms with Crippen LogP contribution in [0.4, 0.5) is 13.2 Å². The van der Waals surface area contributed by atoms with Crippen LogP contribution in [0.3, 0.4) is 0 Å². The summed E-state index contributed by atoms with van der Waals surface area (Å²) in [5.74, 6) is -5.99. The number of carbonyl (C=O) groups is 4. The maximum Gasteiger partial charge on any atom is 0.471 e. The van der Waals surface area contributed by atoms with Crippen LogP contribution >= 0.6 is 0 Å². The maximum atomic E-state index is 12.7. The number of aliphatic hydroxyl groups excluding tert-OH is 1. The lowest BCUT2D eigenvalue weighted by molar-refractivity contribution is -0.175. The van der Waals surface area contributed by atoms with Gasteiger partial charge in [0.1, 0.15) is 12.1 Å². The number of esters is 1. The Labute approximate surface area is 200 Å². The van der Waals surface area contributed by atoms with Gasteiger partial charge in [-0.2, -0.15) is 13.2 Å². The zero-order valence-electron chi connectivity index (χ0n) is 19.7. The third-order valence-electron chi connectivity index (χ3n) is 4.79. The van der Waals surface area contributed by atoms with Gasteiger partial charge in [0.05, 0.1) is 26.2 Å². The molecule has 1 aromatic carbocycles. The number of hydrogen-bond acceptors (Lipinski definition) is 7. The van der Waals surface area contributed by atoms with Crippen LogP contribution in [0, 0.1) is 5.92 Å². The normalized spacial score (nSPS) is 14.9. The molecule has 1 aromatic rings. The van der Waals surface area contributed by atoms with Crippen molar-refractivity contribution in [3.05, 3.63) is 35.9 Å². The molecule has 0 radical (unpaired) electrons. The fraction of sp³-hybridized carbons (Fsp3) is 0.545. The average Bonchev–Trinajstić information content (AvgIpc) is 2.79. The molecule has 4 atom stereocenters. The number of ether oxygens (including phenoxy) is 2. The average molecular weight is 505 g/mol. The van der Waals surface area contributed by atoms with Gasteiger partial charge in [0.15, 0.2) is 6.29 Å². The number of carbonyl (C=O) groups excluding carboxylic acids is 4. The standard InChI is InChI=1S/C22H30F3N3O7/c1-12(2)17(19(31)26-13(3)20(32)35-11-14-8-6-5-7-9-14)28-18(30)15(10-16(29)34-4)27-21(33)22(23,24)25/h5-9,12-13,15,17,20,32H,10-11H2,1-4H3,(H,26,31)(H,27,33)(H,28,30)/t13-,15-,17-,20?/m0/s1. The number of amides is 3. The molecule has 0 fully saturated rings. The second-order valence-electron chi connectivity index (χ2n) is 8.02. The van der Waals surface area contributed by atoms with Crippen LogP contribution in [0.5, 0.6) is 0 Å². The fourth-order valence-corrected chi connectivity index (χ4v) is 2.77. The quantitative estimate of drug-likeness (QED) is 0.243. The van der Waals surface area contributed by atoms with E-state index in [2.05, 4.69) is 15.4 Å². The molecule has 1 unspecified atom stereocenters. The van der Waals surface area contributed by atoms with E-state index in [0.29, 0.717) is 0 Å². The Kier molecular flexibility index (Phi) is 11.6. The molecule has 3 amide bonds. The highest BCUT2D eigenvalue weighted by Gasteiger charge is 2.42. The molecule has 0 bridgehead atoms. The van der Waals surface area contributed by atoms with E-state index in [9.17, 15) is 37.5 Å². The lowest BCUT2D eigenvalue weighted by atomic mass is 10.0. The van der Waals surface area contributed by atoms with Crippen molar-refractivity contribution in [3.63, 3.8) is 0 Å². The number of benzene rings is 1. The van der Waals surface area contributed by atoms with Gasteiger partial charge in [0, 0.05) is 0 Å². The van der Waals surface area contributed by atoms with Crippen LogP contribution in [0.25, 0.3) is 0 Å². The van der Waals surface area contributed by atoms with Crippen LogP contribution in [0.2, 0.25) is 0 Å². The third kappa shape index (κ3) is 10.3. The van der Waals surface area contributed by atoms with Crippen molar-refractivity contribution in [2.45, 2.75) is 64.4 Å². The Bertz CT molecular complexity index is 866. The van der Waals surface area contributed by atoms with Crippen molar-refractivity contribution in [2.24, 2.45) is 5.92 Å². The highest BCUT2D eigenvalue weighted by molar-refractivity contribution is 5.95. The first kappa shape index (κ1) is 29.8. The molecule has 1 rings (SSSR count). The van der Waals surface area contributed by atoms with E-state index in [-0.39, 0.29) is 6.61 Å². The van der Waals surface area contributed by atoms with Crippen LogP contribution in [-0.2, 0) is 35.3 Å². The van der Waals surface area contributed by atoms with E-state index < -0.39 is 66.6 Å². The summed E-state index contributed by atoms with van der Waals surface area (Å²) < 4.78 is 47.6. The highest BCUT2D eigenvalue weighted by atomic mass is 19.4. The molecule has 0 saturated carbocycles. The van der Waals surface area contributed by atoms with Crippen LogP contribution < -0.4 is 16.0 Å². The van der Waals surface area contributed by atoms with Gasteiger partial charge in [-0.15, -0.1) is 0 Å². The van der Waals surface area contributed by atoms with E-state index in [4.69, 9.17) is 4.74 Å². The number of halogens is 3. The molecule has 0 aliphatic heterocycles. The molecule has 10 nitrogen and oxygen atoms in total. The lowest BCUT2D eigenvalue weighted by Crippen LogP contribution is -2.58. The molecule has 35 heavy (non-hydrogen) atoms. The summed E-state index contributed by atoms with van der Waals surface area (Å²) in [6.45, 7) is 4.64. The molecule has 0 spiro atoms. The van der Waals surface area contributed by atoms with Crippen molar-refractivity contribution in [1.82, 2.24) is 16.0 Å². The summed E-state index contributed by atoms with van der Waals surface area (Å²) in [7, 11) is 0.958. The second-order valence-corrected chi connectivity index (χ2v) is 8.02. The predicted molar refractivity (Wildman–Crippen MR) is 116 cm³/mol. The molecule has 0 heterocycles. The van der Waals surface area contributed by atoms with E-state index in [1.165, 1.54) is 12.2 Å². The fourth-order valence-electron chi connectivity index (χ4n) is 2.77. The van der Waals surface area contributed by atoms with E-state index in [1.54, 1.807) is 38.1 Å². The Morgan fingerprint density at radius 2 is 1.57 bits per heavy atom. The maximum absolute atomic E-state index is 12.7. The first-order chi connectivity index (χ1) is 16.3. The van der Waals surface area contributed by atoms with Crippen LogP contribution in [0.1, 0.15) is 32.8 Å². The van der Waals surface area contributed by atoms with Gasteiger partial charge in [-0.3, -0.25) is 19.2 Å². The molecule has 196 valence electrons. The van der Waals surface area contributed by atoms with Gasteiger partial charge in [-0.25, -0.2) is 0 Å². The molecule has 4 N–H and O–H groups in total. The number of nitrogens with one attached hydrogen (secondary N) is 3. The van der Waals surface area contributed by atoms with Gasteiger partial charge in [-0.1, -0.05) is 44.2 Å². The van der Waals surface area contributed by atoms with E-state index in [0.717, 1.165) is 12.7 Å². The monoisotopic (exact) mass is 505 g/mol. The number of hydrogen-bond donors (Lipinski definition) is 4. The van der Waals surface area contributed by atoms with Crippen molar-refractivity contribution in [1.29, 1.82) is 0 Å². The van der Waals surface area contributed by atoms with Crippen LogP contribution in [-0.4, -0.2) is 66.5 Å². The first-order valence-corrected chi connectivity index (χ1v) is 10.6. The van der Waals surface area contributed by atoms with Gasteiger partial charge < -0.3 is 30.5 Å². The zero-order valence-corrected chi connectivity index (χ0v) is 19.7. The summed E-state index contributed by atoms with van der Waals surface area (Å²) in [6.07, 6.45) is -7.59. The largest absolute Gasteiger partial charge is 0.471 e. The minimum Gasteiger partial charge on any atom is -0.469 e. The molecule has 13 heteroatoms. The number of methoxy groups -OCH3 is 1. The minimum absolute atomic E-state index is 0.0701. The number of rotatable bonds is 12. The Morgan fingerprint density at radius 1 is 0.971 bits per heavy atom. The van der Waals surface area contributed by atoms with Gasteiger partial charge in [0.25, 0.3) is 0 Å². The minimum atomic E-state index is -5.30. The van der Waals surface area contributed by atoms with Gasteiger partial charge >= 0.3 is 18.1 Å². The first-order valence-electron chi connectivity index (χ1n) is 10.6. The summed E-state index contributed by atoms with van der Waals surface area (Å²) in [5, 5.41) is 16.3. The molecule has 0 aromatic heterocycles. The van der Waals surface area contributed by atoms with Crippen molar-refractivity contribution in [2.75, 3.05) is 7.11 Å². The Hall–Kier alpha value is -3.19. The summed E-state index contributed by atoms with van der Waals surface area (Å²) in [6, 6.07) is 4.82. The smallest absolute Gasteiger partial charge is 0.469 e. The van der Waals surface area contributed by atoms with E-state index >= 15 is 0 Å². The van der Waals surface area contributed by atoms with Crippen LogP contribution in [0.15, 0.2) is 30.3 Å². The van der Waals surface area contributed by atoms with Crippen molar-refractivity contribution < 1.29 is 46.9 Å². The summed E-state index contributed by atoms with van der Waals surface area (Å²) >= 11 is 0. The number of alkyl halides is 3. The Balaban J connectivity index is 2.83. The molecular formula is C22H30F3N3O7. The molecule has 0 saturated heterocycles. The van der Waals surface area contributed by atoms with Gasteiger partial charge in [-0.05, 0) is 18.4 Å². The Morgan fingerprint density at radius 3 is 2.09 bits per heavy atom. The van der Waals surface area contributed by atoms with Crippen molar-refractivity contribution in [3.8, 4) is 0 Å². The third-order valence-corrected chi connectivity index (χ3v) is 4.79. The number of aliphatic hydroxyl groups is 1. The summed E-state index contributed by atoms with van der Waals surface area (Å²) in [4.78, 5) is 48.2. The van der Waals surface area contributed by atoms with E-state index in [1.807, 2.05) is 6.07 Å².